The van der Waals surface area contributed by atoms with Crippen molar-refractivity contribution in [1.82, 2.24) is 15.3 Å². The number of methoxy groups -OCH3 is 1. The molecule has 26 heavy (non-hydrogen) atoms. The standard InChI is InChI=1S/C16H15N3O7/c1-25-14(22)10-4-2-9(3-5-10)6-17-12(20)8-26-15(23)11-7-18-16(24)19-13(11)21/h2-5,7H,6,8H2,1H3,(H,17,20)(H2,18,19,21,24). The molecular formula is C16H15N3O7. The van der Waals surface area contributed by atoms with Crippen LogP contribution in [-0.4, -0.2) is 41.5 Å². The number of hydrogen-bond donors (Lipinski definition) is 3. The number of rotatable bonds is 6. The van der Waals surface area contributed by atoms with E-state index in [1.165, 1.54) is 7.11 Å². The minimum absolute atomic E-state index is 0.150. The van der Waals surface area contributed by atoms with Crippen molar-refractivity contribution in [2.24, 2.45) is 0 Å². The Balaban J connectivity index is 1.83. The third kappa shape index (κ3) is 4.90. The van der Waals surface area contributed by atoms with Gasteiger partial charge in [0.25, 0.3) is 11.5 Å². The molecule has 1 heterocycles. The molecule has 0 atom stereocenters. The zero-order valence-corrected chi connectivity index (χ0v) is 13.7. The Hall–Kier alpha value is -3.69. The van der Waals surface area contributed by atoms with E-state index in [2.05, 4.69) is 15.0 Å². The highest BCUT2D eigenvalue weighted by Crippen LogP contribution is 2.05. The van der Waals surface area contributed by atoms with Gasteiger partial charge in [0.15, 0.2) is 6.61 Å². The van der Waals surface area contributed by atoms with E-state index < -0.39 is 41.3 Å². The number of benzene rings is 1. The molecule has 0 fully saturated rings. The molecule has 0 unspecified atom stereocenters. The summed E-state index contributed by atoms with van der Waals surface area (Å²) in [5, 5.41) is 2.52. The van der Waals surface area contributed by atoms with E-state index in [9.17, 15) is 24.0 Å². The minimum atomic E-state index is -1.04. The Morgan fingerprint density at radius 2 is 1.77 bits per heavy atom. The van der Waals surface area contributed by atoms with Crippen LogP contribution in [0.15, 0.2) is 40.1 Å². The molecule has 1 amide bonds. The number of H-pyrrole nitrogens is 2. The smallest absolute Gasteiger partial charge is 0.345 e. The Labute approximate surface area is 146 Å². The molecule has 10 nitrogen and oxygen atoms in total. The first-order valence-electron chi connectivity index (χ1n) is 7.34. The number of ether oxygens (including phenoxy) is 2. The minimum Gasteiger partial charge on any atom is -0.465 e. The largest absolute Gasteiger partial charge is 0.465 e. The van der Waals surface area contributed by atoms with Crippen LogP contribution in [0.5, 0.6) is 0 Å². The van der Waals surface area contributed by atoms with Crippen molar-refractivity contribution in [3.8, 4) is 0 Å². The van der Waals surface area contributed by atoms with Crippen molar-refractivity contribution < 1.29 is 23.9 Å². The van der Waals surface area contributed by atoms with Gasteiger partial charge in [-0.3, -0.25) is 14.6 Å². The van der Waals surface area contributed by atoms with E-state index in [1.807, 2.05) is 4.98 Å². The summed E-state index contributed by atoms with van der Waals surface area (Å²) in [4.78, 5) is 61.0. The summed E-state index contributed by atoms with van der Waals surface area (Å²) in [6, 6.07) is 6.38. The molecular weight excluding hydrogens is 346 g/mol. The highest BCUT2D eigenvalue weighted by atomic mass is 16.5. The zero-order valence-electron chi connectivity index (χ0n) is 13.7. The maximum atomic E-state index is 11.7. The quantitative estimate of drug-likeness (QED) is 0.578. The first-order chi connectivity index (χ1) is 12.4. The van der Waals surface area contributed by atoms with Crippen LogP contribution in [0.3, 0.4) is 0 Å². The fourth-order valence-corrected chi connectivity index (χ4v) is 1.90. The third-order valence-corrected chi connectivity index (χ3v) is 3.24. The number of aromatic nitrogens is 2. The van der Waals surface area contributed by atoms with E-state index >= 15 is 0 Å². The number of carbonyl (C=O) groups excluding carboxylic acids is 3. The van der Waals surface area contributed by atoms with Crippen LogP contribution in [0.25, 0.3) is 0 Å². The molecule has 0 saturated carbocycles. The summed E-state index contributed by atoms with van der Waals surface area (Å²) in [6.45, 7) is -0.450. The summed E-state index contributed by atoms with van der Waals surface area (Å²) in [6.07, 6.45) is 0.907. The summed E-state index contributed by atoms with van der Waals surface area (Å²) in [5.41, 5.74) is -1.000. The zero-order chi connectivity index (χ0) is 19.1. The second kappa shape index (κ2) is 8.42. The highest BCUT2D eigenvalue weighted by molar-refractivity contribution is 5.90. The van der Waals surface area contributed by atoms with Crippen LogP contribution in [0.1, 0.15) is 26.3 Å². The van der Waals surface area contributed by atoms with Gasteiger partial charge in [-0.15, -0.1) is 0 Å². The third-order valence-electron chi connectivity index (χ3n) is 3.24. The number of carbonyl (C=O) groups is 3. The van der Waals surface area contributed by atoms with E-state index in [4.69, 9.17) is 4.74 Å². The van der Waals surface area contributed by atoms with Gasteiger partial charge in [0.05, 0.1) is 12.7 Å². The van der Waals surface area contributed by atoms with Gasteiger partial charge in [-0.2, -0.15) is 0 Å². The number of esters is 2. The van der Waals surface area contributed by atoms with Crippen LogP contribution >= 0.6 is 0 Å². The Morgan fingerprint density at radius 1 is 1.08 bits per heavy atom. The van der Waals surface area contributed by atoms with Crippen LogP contribution in [0, 0.1) is 0 Å². The summed E-state index contributed by atoms with van der Waals surface area (Å²) < 4.78 is 9.29. The topological polar surface area (TPSA) is 147 Å². The fraction of sp³-hybridized carbons (Fsp3) is 0.188. The maximum absolute atomic E-state index is 11.7. The molecule has 10 heteroatoms. The Kier molecular flexibility index (Phi) is 6.04. The Bertz CT molecular complexity index is 928. The number of aromatic amines is 2. The summed E-state index contributed by atoms with van der Waals surface area (Å²) in [7, 11) is 1.28. The van der Waals surface area contributed by atoms with Crippen LogP contribution in [0.4, 0.5) is 0 Å². The van der Waals surface area contributed by atoms with Gasteiger partial charge in [0.2, 0.25) is 0 Å². The van der Waals surface area contributed by atoms with Gasteiger partial charge in [-0.25, -0.2) is 14.4 Å². The fourth-order valence-electron chi connectivity index (χ4n) is 1.90. The molecule has 3 N–H and O–H groups in total. The Morgan fingerprint density at radius 3 is 2.38 bits per heavy atom. The number of nitrogens with one attached hydrogen (secondary N) is 3. The van der Waals surface area contributed by atoms with Crippen molar-refractivity contribution in [2.75, 3.05) is 13.7 Å². The van der Waals surface area contributed by atoms with Crippen LogP contribution < -0.4 is 16.6 Å². The van der Waals surface area contributed by atoms with Crippen molar-refractivity contribution >= 4 is 17.8 Å². The molecule has 1 aromatic heterocycles. The summed E-state index contributed by atoms with van der Waals surface area (Å²) >= 11 is 0. The lowest BCUT2D eigenvalue weighted by atomic mass is 10.1. The average Bonchev–Trinajstić information content (AvgIpc) is 2.64. The molecule has 0 aliphatic carbocycles. The van der Waals surface area contributed by atoms with Crippen molar-refractivity contribution in [3.05, 3.63) is 68.0 Å². The van der Waals surface area contributed by atoms with Gasteiger partial charge >= 0.3 is 17.6 Å². The first kappa shape index (κ1) is 18.6. The van der Waals surface area contributed by atoms with Crippen molar-refractivity contribution in [2.45, 2.75) is 6.54 Å². The SMILES string of the molecule is COC(=O)c1ccc(CNC(=O)COC(=O)c2c[nH]c(=O)[nH]c2=O)cc1. The van der Waals surface area contributed by atoms with Crippen LogP contribution in [0.2, 0.25) is 0 Å². The number of amides is 1. The molecule has 136 valence electrons. The monoisotopic (exact) mass is 361 g/mol. The lowest BCUT2D eigenvalue weighted by molar-refractivity contribution is -0.124. The predicted octanol–water partition coefficient (Wildman–Crippen LogP) is -0.677. The normalized spacial score (nSPS) is 10.0. The maximum Gasteiger partial charge on any atom is 0.345 e. The van der Waals surface area contributed by atoms with Gasteiger partial charge in [0.1, 0.15) is 5.56 Å². The molecule has 2 rings (SSSR count). The lowest BCUT2D eigenvalue weighted by Gasteiger charge is -2.07. The average molecular weight is 361 g/mol. The predicted molar refractivity (Wildman–Crippen MR) is 87.6 cm³/mol. The van der Waals surface area contributed by atoms with Crippen molar-refractivity contribution in [1.29, 1.82) is 0 Å². The van der Waals surface area contributed by atoms with E-state index in [-0.39, 0.29) is 6.54 Å². The van der Waals surface area contributed by atoms with Gasteiger partial charge < -0.3 is 19.8 Å². The molecule has 0 saturated heterocycles. The van der Waals surface area contributed by atoms with E-state index in [0.29, 0.717) is 5.56 Å². The van der Waals surface area contributed by atoms with Crippen LogP contribution in [-0.2, 0) is 20.8 Å². The van der Waals surface area contributed by atoms with Gasteiger partial charge in [-0.05, 0) is 17.7 Å². The summed E-state index contributed by atoms with van der Waals surface area (Å²) in [5.74, 6) is -2.10. The molecule has 0 aliphatic heterocycles. The molecule has 0 aliphatic rings. The van der Waals surface area contributed by atoms with Gasteiger partial charge in [-0.1, -0.05) is 12.1 Å². The second-order valence-electron chi connectivity index (χ2n) is 5.03. The van der Waals surface area contributed by atoms with Crippen molar-refractivity contribution in [3.63, 3.8) is 0 Å². The van der Waals surface area contributed by atoms with E-state index in [0.717, 1.165) is 11.8 Å². The molecule has 0 bridgehead atoms. The first-order valence-corrected chi connectivity index (χ1v) is 7.34. The highest BCUT2D eigenvalue weighted by Gasteiger charge is 2.14. The molecule has 0 radical (unpaired) electrons. The second-order valence-corrected chi connectivity index (χ2v) is 5.03. The number of hydrogen-bond acceptors (Lipinski definition) is 7. The molecule has 2 aromatic rings. The molecule has 0 spiro atoms. The van der Waals surface area contributed by atoms with E-state index in [1.54, 1.807) is 24.3 Å². The lowest BCUT2D eigenvalue weighted by Crippen LogP contribution is -2.31. The molecule has 1 aromatic carbocycles. The van der Waals surface area contributed by atoms with Gasteiger partial charge in [0, 0.05) is 12.7 Å².